The molecule has 0 bridgehead atoms. The molecule has 0 unspecified atom stereocenters. The van der Waals surface area contributed by atoms with Crippen LogP contribution < -0.4 is 5.32 Å². The maximum absolute atomic E-state index is 5.38. The molecule has 0 saturated heterocycles. The van der Waals surface area contributed by atoms with Crippen molar-refractivity contribution in [2.45, 2.75) is 38.6 Å². The van der Waals surface area contributed by atoms with Crippen LogP contribution in [-0.2, 0) is 0 Å². The quantitative estimate of drug-likeness (QED) is 0.889. The lowest BCUT2D eigenvalue weighted by atomic mass is 10.0. The van der Waals surface area contributed by atoms with Gasteiger partial charge in [-0.15, -0.1) is 0 Å². The van der Waals surface area contributed by atoms with Gasteiger partial charge < -0.3 is 9.84 Å². The minimum atomic E-state index is -0.0672. The second-order valence-corrected chi connectivity index (χ2v) is 5.20. The summed E-state index contributed by atoms with van der Waals surface area (Å²) in [4.78, 5) is 12.8. The minimum Gasteiger partial charge on any atom is -0.342 e. The van der Waals surface area contributed by atoms with E-state index in [4.69, 9.17) is 4.52 Å². The molecule has 1 aliphatic carbocycles. The second kappa shape index (κ2) is 4.95. The third kappa shape index (κ3) is 2.72. The van der Waals surface area contributed by atoms with E-state index in [-0.39, 0.29) is 6.04 Å². The zero-order chi connectivity index (χ0) is 13.2. The molecule has 0 spiro atoms. The summed E-state index contributed by atoms with van der Waals surface area (Å²) in [6.45, 7) is 4.20. The zero-order valence-corrected chi connectivity index (χ0v) is 11.1. The molecule has 6 nitrogen and oxygen atoms in total. The smallest absolute Gasteiger partial charge is 0.249 e. The Bertz CT molecular complexity index is 535. The Morgan fingerprint density at radius 2 is 2.00 bits per heavy atom. The van der Waals surface area contributed by atoms with Crippen molar-refractivity contribution in [3.05, 3.63) is 30.2 Å². The Labute approximate surface area is 111 Å². The SMILES string of the molecule is CC(C)[C@@H](Nc1ncccn1)c1nc(C2CC2)no1. The first kappa shape index (κ1) is 12.1. The van der Waals surface area contributed by atoms with E-state index in [0.29, 0.717) is 23.7 Å². The molecule has 1 saturated carbocycles. The molecule has 1 N–H and O–H groups in total. The van der Waals surface area contributed by atoms with Crippen LogP contribution in [0.2, 0.25) is 0 Å². The van der Waals surface area contributed by atoms with Gasteiger partial charge in [-0.25, -0.2) is 9.97 Å². The van der Waals surface area contributed by atoms with Crippen LogP contribution in [0.3, 0.4) is 0 Å². The average molecular weight is 259 g/mol. The van der Waals surface area contributed by atoms with E-state index in [1.807, 2.05) is 0 Å². The van der Waals surface area contributed by atoms with Gasteiger partial charge in [0.25, 0.3) is 0 Å². The summed E-state index contributed by atoms with van der Waals surface area (Å²) in [5.41, 5.74) is 0. The topological polar surface area (TPSA) is 76.7 Å². The van der Waals surface area contributed by atoms with E-state index in [1.165, 1.54) is 12.8 Å². The number of hydrogen-bond donors (Lipinski definition) is 1. The first-order valence-corrected chi connectivity index (χ1v) is 6.61. The molecular weight excluding hydrogens is 242 g/mol. The zero-order valence-electron chi connectivity index (χ0n) is 11.1. The summed E-state index contributed by atoms with van der Waals surface area (Å²) in [6.07, 6.45) is 5.74. The van der Waals surface area contributed by atoms with E-state index in [0.717, 1.165) is 5.82 Å². The van der Waals surface area contributed by atoms with E-state index in [2.05, 4.69) is 39.3 Å². The summed E-state index contributed by atoms with van der Waals surface area (Å²) in [5.74, 6) is 2.82. The molecule has 2 aromatic heterocycles. The van der Waals surface area contributed by atoms with Crippen LogP contribution in [0.4, 0.5) is 5.95 Å². The van der Waals surface area contributed by atoms with Crippen LogP contribution in [0.25, 0.3) is 0 Å². The van der Waals surface area contributed by atoms with Gasteiger partial charge in [-0.2, -0.15) is 4.98 Å². The minimum absolute atomic E-state index is 0.0672. The molecule has 0 aromatic carbocycles. The lowest BCUT2D eigenvalue weighted by molar-refractivity contribution is 0.332. The number of nitrogens with zero attached hydrogens (tertiary/aromatic N) is 4. The largest absolute Gasteiger partial charge is 0.342 e. The van der Waals surface area contributed by atoms with Gasteiger partial charge >= 0.3 is 0 Å². The number of anilines is 1. The van der Waals surface area contributed by atoms with Crippen molar-refractivity contribution in [1.82, 2.24) is 20.1 Å². The molecule has 0 radical (unpaired) electrons. The molecule has 1 aliphatic rings. The van der Waals surface area contributed by atoms with E-state index in [1.54, 1.807) is 18.5 Å². The highest BCUT2D eigenvalue weighted by Crippen LogP contribution is 2.38. The highest BCUT2D eigenvalue weighted by molar-refractivity contribution is 5.26. The van der Waals surface area contributed by atoms with Crippen LogP contribution in [0.5, 0.6) is 0 Å². The van der Waals surface area contributed by atoms with E-state index in [9.17, 15) is 0 Å². The van der Waals surface area contributed by atoms with Crippen LogP contribution in [-0.4, -0.2) is 20.1 Å². The van der Waals surface area contributed by atoms with Crippen LogP contribution in [0.15, 0.2) is 23.0 Å². The van der Waals surface area contributed by atoms with Gasteiger partial charge in [0.05, 0.1) is 0 Å². The average Bonchev–Trinajstić information content (AvgIpc) is 3.16. The number of nitrogens with one attached hydrogen (secondary N) is 1. The predicted octanol–water partition coefficient (Wildman–Crippen LogP) is 2.55. The van der Waals surface area contributed by atoms with Gasteiger partial charge in [0.2, 0.25) is 11.8 Å². The van der Waals surface area contributed by atoms with Gasteiger partial charge in [-0.05, 0) is 24.8 Å². The highest BCUT2D eigenvalue weighted by Gasteiger charge is 2.31. The molecule has 6 heteroatoms. The Kier molecular flexibility index (Phi) is 3.15. The molecule has 3 rings (SSSR count). The van der Waals surface area contributed by atoms with Crippen molar-refractivity contribution >= 4 is 5.95 Å². The van der Waals surface area contributed by atoms with Crippen LogP contribution in [0, 0.1) is 5.92 Å². The highest BCUT2D eigenvalue weighted by atomic mass is 16.5. The number of aromatic nitrogens is 4. The summed E-state index contributed by atoms with van der Waals surface area (Å²) in [5, 5.41) is 7.31. The fourth-order valence-corrected chi connectivity index (χ4v) is 1.91. The summed E-state index contributed by atoms with van der Waals surface area (Å²) in [7, 11) is 0. The van der Waals surface area contributed by atoms with Crippen molar-refractivity contribution in [3.63, 3.8) is 0 Å². The van der Waals surface area contributed by atoms with E-state index < -0.39 is 0 Å². The predicted molar refractivity (Wildman–Crippen MR) is 69.5 cm³/mol. The van der Waals surface area contributed by atoms with E-state index >= 15 is 0 Å². The maximum atomic E-state index is 5.38. The normalized spacial score (nSPS) is 16.6. The first-order valence-electron chi connectivity index (χ1n) is 6.61. The lowest BCUT2D eigenvalue weighted by Gasteiger charge is -2.18. The van der Waals surface area contributed by atoms with Crippen LogP contribution >= 0.6 is 0 Å². The van der Waals surface area contributed by atoms with Crippen molar-refractivity contribution in [2.24, 2.45) is 5.92 Å². The van der Waals surface area contributed by atoms with Gasteiger partial charge in [0, 0.05) is 18.3 Å². The van der Waals surface area contributed by atoms with Crippen molar-refractivity contribution in [3.8, 4) is 0 Å². The Balaban J connectivity index is 1.79. The standard InChI is InChI=1S/C13H17N5O/c1-8(2)10(16-13-14-6-3-7-15-13)12-17-11(18-19-12)9-4-5-9/h3,6-10H,4-5H2,1-2H3,(H,14,15,16)/t10-/m1/s1. The molecule has 1 fully saturated rings. The van der Waals surface area contributed by atoms with Crippen LogP contribution in [0.1, 0.15) is 50.4 Å². The van der Waals surface area contributed by atoms with Gasteiger partial charge in [0.15, 0.2) is 5.82 Å². The molecular formula is C13H17N5O. The lowest BCUT2D eigenvalue weighted by Crippen LogP contribution is -2.18. The number of rotatable bonds is 5. The summed E-state index contributed by atoms with van der Waals surface area (Å²) < 4.78 is 5.38. The Morgan fingerprint density at radius 1 is 1.26 bits per heavy atom. The first-order chi connectivity index (χ1) is 9.24. The van der Waals surface area contributed by atoms with Gasteiger partial charge in [0.1, 0.15) is 6.04 Å². The van der Waals surface area contributed by atoms with Crippen molar-refractivity contribution in [2.75, 3.05) is 5.32 Å². The third-order valence-corrected chi connectivity index (χ3v) is 3.18. The molecule has 2 heterocycles. The fourth-order valence-electron chi connectivity index (χ4n) is 1.91. The Morgan fingerprint density at radius 3 is 2.63 bits per heavy atom. The van der Waals surface area contributed by atoms with Crippen molar-refractivity contribution in [1.29, 1.82) is 0 Å². The Hall–Kier alpha value is -1.98. The molecule has 0 amide bonds. The molecule has 100 valence electrons. The monoisotopic (exact) mass is 259 g/mol. The molecule has 0 aliphatic heterocycles. The molecule has 2 aromatic rings. The second-order valence-electron chi connectivity index (χ2n) is 5.20. The third-order valence-electron chi connectivity index (χ3n) is 3.18. The maximum Gasteiger partial charge on any atom is 0.249 e. The number of hydrogen-bond acceptors (Lipinski definition) is 6. The summed E-state index contributed by atoms with van der Waals surface area (Å²) >= 11 is 0. The fraction of sp³-hybridized carbons (Fsp3) is 0.538. The molecule has 1 atom stereocenters. The van der Waals surface area contributed by atoms with Gasteiger partial charge in [-0.3, -0.25) is 0 Å². The summed E-state index contributed by atoms with van der Waals surface area (Å²) in [6, 6.07) is 1.72. The molecule has 19 heavy (non-hydrogen) atoms. The van der Waals surface area contributed by atoms with Crippen molar-refractivity contribution < 1.29 is 4.52 Å². The van der Waals surface area contributed by atoms with Gasteiger partial charge in [-0.1, -0.05) is 19.0 Å².